The summed E-state index contributed by atoms with van der Waals surface area (Å²) in [5.74, 6) is -0.131. The summed E-state index contributed by atoms with van der Waals surface area (Å²) in [6.07, 6.45) is 1.88. The number of nitrogens with one attached hydrogen (secondary N) is 2. The summed E-state index contributed by atoms with van der Waals surface area (Å²) in [6, 6.07) is 5.45. The molecule has 7 nitrogen and oxygen atoms in total. The number of aromatic nitrogens is 1. The summed E-state index contributed by atoms with van der Waals surface area (Å²) in [5, 5.41) is 15.7. The third kappa shape index (κ3) is 4.68. The molecule has 0 atom stereocenters. The van der Waals surface area contributed by atoms with Gasteiger partial charge in [0.25, 0.3) is 11.5 Å². The van der Waals surface area contributed by atoms with Crippen molar-refractivity contribution in [3.8, 4) is 0 Å². The summed E-state index contributed by atoms with van der Waals surface area (Å²) in [5.41, 5.74) is 2.35. The Morgan fingerprint density at radius 3 is 2.60 bits per heavy atom. The lowest BCUT2D eigenvalue weighted by Crippen LogP contribution is -2.30. The fourth-order valence-electron chi connectivity index (χ4n) is 3.01. The number of aliphatic hydroxyl groups is 1. The third-order valence-corrected chi connectivity index (χ3v) is 4.83. The molecular weight excluding hydrogens is 406 g/mol. The number of aryl methyl sites for hydroxylation is 2. The van der Waals surface area contributed by atoms with Crippen molar-refractivity contribution in [1.29, 1.82) is 0 Å². The van der Waals surface area contributed by atoms with Crippen molar-refractivity contribution < 1.29 is 14.3 Å². The molecule has 3 aromatic rings. The normalized spacial score (nSPS) is 10.5. The number of aliphatic hydroxyl groups excluding tert-OH is 1. The molecule has 0 radical (unpaired) electrons. The second-order valence-electron chi connectivity index (χ2n) is 6.65. The Balaban J connectivity index is 0.00000155. The zero-order valence-electron chi connectivity index (χ0n) is 17.9. The molecule has 0 unspecified atom stereocenters. The molecule has 1 aromatic carbocycles. The molecule has 3 N–H and O–H groups in total. The Labute approximate surface area is 180 Å². The Morgan fingerprint density at radius 1 is 1.27 bits per heavy atom. The topological polar surface area (TPSA) is 96.5 Å². The van der Waals surface area contributed by atoms with E-state index in [-0.39, 0.29) is 29.1 Å². The third-order valence-electron chi connectivity index (χ3n) is 4.52. The largest absolute Gasteiger partial charge is 0.463 e. The van der Waals surface area contributed by atoms with Crippen molar-refractivity contribution in [2.75, 3.05) is 18.5 Å². The number of carbonyl (C=O) groups excluding carboxylic acids is 1. The Hall–Kier alpha value is -2.77. The molecule has 0 fully saturated rings. The van der Waals surface area contributed by atoms with E-state index in [1.807, 2.05) is 26.8 Å². The molecule has 0 bridgehead atoms. The van der Waals surface area contributed by atoms with E-state index in [9.17, 15) is 9.59 Å². The van der Waals surface area contributed by atoms with Gasteiger partial charge in [0.1, 0.15) is 11.4 Å². The van der Waals surface area contributed by atoms with Crippen LogP contribution in [0, 0.1) is 13.8 Å². The Kier molecular flexibility index (Phi) is 8.08. The van der Waals surface area contributed by atoms with Crippen LogP contribution in [-0.2, 0) is 7.05 Å². The molecule has 0 aliphatic heterocycles. The summed E-state index contributed by atoms with van der Waals surface area (Å²) in [7, 11) is 1.59. The lowest BCUT2D eigenvalue weighted by atomic mass is 10.1. The van der Waals surface area contributed by atoms with Crippen LogP contribution in [0.3, 0.4) is 0 Å². The van der Waals surface area contributed by atoms with E-state index >= 15 is 0 Å². The van der Waals surface area contributed by atoms with Gasteiger partial charge >= 0.3 is 0 Å². The van der Waals surface area contributed by atoms with Gasteiger partial charge in [-0.3, -0.25) is 14.2 Å². The molecular formula is C22H28ClN3O4. The number of carbonyl (C=O) groups is 1. The maximum atomic E-state index is 12.9. The van der Waals surface area contributed by atoms with Crippen LogP contribution >= 0.6 is 11.6 Å². The van der Waals surface area contributed by atoms with Crippen LogP contribution in [-0.4, -0.2) is 28.7 Å². The van der Waals surface area contributed by atoms with Gasteiger partial charge in [0.2, 0.25) is 0 Å². The van der Waals surface area contributed by atoms with Gasteiger partial charge < -0.3 is 20.2 Å². The molecule has 2 heterocycles. The number of hydrogen-bond acceptors (Lipinski definition) is 5. The minimum Gasteiger partial charge on any atom is -0.463 e. The van der Waals surface area contributed by atoms with Gasteiger partial charge in [0, 0.05) is 25.8 Å². The lowest BCUT2D eigenvalue weighted by molar-refractivity contribution is 0.0952. The molecule has 162 valence electrons. The molecule has 0 saturated carbocycles. The number of benzene rings is 1. The predicted molar refractivity (Wildman–Crippen MR) is 121 cm³/mol. The van der Waals surface area contributed by atoms with E-state index in [2.05, 4.69) is 10.6 Å². The number of anilines is 2. The first-order valence-corrected chi connectivity index (χ1v) is 10.3. The van der Waals surface area contributed by atoms with E-state index in [4.69, 9.17) is 21.1 Å². The first-order valence-electron chi connectivity index (χ1n) is 9.88. The van der Waals surface area contributed by atoms with Gasteiger partial charge in [0.15, 0.2) is 5.58 Å². The first kappa shape index (κ1) is 23.5. The fourth-order valence-corrected chi connectivity index (χ4v) is 3.30. The van der Waals surface area contributed by atoms with E-state index in [0.717, 1.165) is 5.56 Å². The maximum absolute atomic E-state index is 12.9. The van der Waals surface area contributed by atoms with Crippen molar-refractivity contribution in [1.82, 2.24) is 9.88 Å². The Morgan fingerprint density at radius 2 is 1.97 bits per heavy atom. The highest BCUT2D eigenvalue weighted by atomic mass is 35.5. The second-order valence-corrected chi connectivity index (χ2v) is 7.06. The molecule has 0 aliphatic carbocycles. The van der Waals surface area contributed by atoms with Crippen molar-refractivity contribution >= 4 is 40.0 Å². The summed E-state index contributed by atoms with van der Waals surface area (Å²) < 4.78 is 6.95. The number of furan rings is 1. The predicted octanol–water partition coefficient (Wildman–Crippen LogP) is 4.28. The van der Waals surface area contributed by atoms with Crippen LogP contribution in [0.4, 0.5) is 11.5 Å². The first-order chi connectivity index (χ1) is 14.3. The highest BCUT2D eigenvalue weighted by molar-refractivity contribution is 6.33. The number of rotatable bonds is 6. The Bertz CT molecular complexity index is 1100. The smallest absolute Gasteiger partial charge is 0.263 e. The molecule has 1 amide bonds. The van der Waals surface area contributed by atoms with Crippen molar-refractivity contribution in [2.45, 2.75) is 34.1 Å². The van der Waals surface area contributed by atoms with Crippen molar-refractivity contribution in [3.05, 3.63) is 56.5 Å². The standard InChI is InChI=1S/C20H22ClN3O4.C2H6/c1-11-5-6-14(13(21)9-11)23-18-16(19(26)22-7-4-8-25)17-15(12(2)10-28-17)20(27)24(18)3;1-2/h5-6,9-10,23,25H,4,7-8H2,1-3H3,(H,22,26);1-2H3. The van der Waals surface area contributed by atoms with Gasteiger partial charge in [-0.1, -0.05) is 31.5 Å². The van der Waals surface area contributed by atoms with E-state index in [1.54, 1.807) is 26.1 Å². The summed E-state index contributed by atoms with van der Waals surface area (Å²) in [6.45, 7) is 7.94. The van der Waals surface area contributed by atoms with Crippen LogP contribution in [0.5, 0.6) is 0 Å². The van der Waals surface area contributed by atoms with Gasteiger partial charge in [-0.25, -0.2) is 0 Å². The van der Waals surface area contributed by atoms with E-state index in [0.29, 0.717) is 34.6 Å². The van der Waals surface area contributed by atoms with E-state index < -0.39 is 5.91 Å². The number of amides is 1. The van der Waals surface area contributed by atoms with Gasteiger partial charge in [-0.15, -0.1) is 0 Å². The van der Waals surface area contributed by atoms with Crippen LogP contribution in [0.2, 0.25) is 5.02 Å². The fraction of sp³-hybridized carbons (Fsp3) is 0.364. The van der Waals surface area contributed by atoms with Gasteiger partial charge in [-0.05, 0) is 38.0 Å². The number of nitrogens with zero attached hydrogens (tertiary/aromatic N) is 1. The molecule has 8 heteroatoms. The average molecular weight is 434 g/mol. The van der Waals surface area contributed by atoms with Gasteiger partial charge in [0.05, 0.1) is 22.4 Å². The molecule has 2 aromatic heterocycles. The number of pyridine rings is 1. The molecule has 30 heavy (non-hydrogen) atoms. The molecule has 0 saturated heterocycles. The average Bonchev–Trinajstić information content (AvgIpc) is 3.10. The van der Waals surface area contributed by atoms with Crippen LogP contribution in [0.1, 0.15) is 41.8 Å². The van der Waals surface area contributed by atoms with Crippen molar-refractivity contribution in [2.24, 2.45) is 7.05 Å². The van der Waals surface area contributed by atoms with E-state index in [1.165, 1.54) is 10.8 Å². The minimum atomic E-state index is -0.408. The SMILES string of the molecule is CC.Cc1ccc(Nc2c(C(=O)NCCCO)c3occ(C)c3c(=O)n2C)c(Cl)c1. The van der Waals surface area contributed by atoms with Crippen LogP contribution in [0.25, 0.3) is 11.0 Å². The lowest BCUT2D eigenvalue weighted by Gasteiger charge is -2.17. The van der Waals surface area contributed by atoms with Crippen molar-refractivity contribution in [3.63, 3.8) is 0 Å². The molecule has 0 aliphatic rings. The highest BCUT2D eigenvalue weighted by Gasteiger charge is 2.25. The minimum absolute atomic E-state index is 0.0348. The number of halogens is 1. The number of hydrogen-bond donors (Lipinski definition) is 3. The van der Waals surface area contributed by atoms with Crippen LogP contribution < -0.4 is 16.2 Å². The monoisotopic (exact) mass is 433 g/mol. The van der Waals surface area contributed by atoms with Gasteiger partial charge in [-0.2, -0.15) is 0 Å². The maximum Gasteiger partial charge on any atom is 0.263 e. The summed E-state index contributed by atoms with van der Waals surface area (Å²) in [4.78, 5) is 25.8. The zero-order chi connectivity index (χ0) is 22.4. The molecule has 0 spiro atoms. The molecule has 3 rings (SSSR count). The quantitative estimate of drug-likeness (QED) is 0.504. The summed E-state index contributed by atoms with van der Waals surface area (Å²) >= 11 is 6.33. The second kappa shape index (κ2) is 10.3. The highest BCUT2D eigenvalue weighted by Crippen LogP contribution is 2.31. The van der Waals surface area contributed by atoms with Crippen LogP contribution in [0.15, 0.2) is 33.7 Å². The number of fused-ring (bicyclic) bond motifs is 1. The zero-order valence-corrected chi connectivity index (χ0v) is 18.7.